The molecule has 1 saturated heterocycles. The number of likely N-dealkylation sites (N-methyl/N-ethyl adjacent to an activating group) is 1. The number of likely N-dealkylation sites (tertiary alicyclic amines) is 1. The molecule has 5 rings (SSSR count). The number of aromatic nitrogens is 2. The molecule has 1 N–H and O–H groups in total. The van der Waals surface area contributed by atoms with Crippen LogP contribution in [0.4, 0.5) is 5.82 Å². The minimum atomic E-state index is 0.170. The molecule has 0 bridgehead atoms. The summed E-state index contributed by atoms with van der Waals surface area (Å²) in [7, 11) is 3.64. The van der Waals surface area contributed by atoms with Crippen LogP contribution in [0.1, 0.15) is 37.4 Å². The summed E-state index contributed by atoms with van der Waals surface area (Å²) >= 11 is 1.71. The van der Waals surface area contributed by atoms with Crippen LogP contribution in [0.5, 0.6) is 0 Å². The van der Waals surface area contributed by atoms with Crippen molar-refractivity contribution in [3.63, 3.8) is 0 Å². The molecule has 1 aromatic carbocycles. The van der Waals surface area contributed by atoms with Gasteiger partial charge in [0.05, 0.1) is 11.9 Å². The van der Waals surface area contributed by atoms with Gasteiger partial charge >= 0.3 is 0 Å². The summed E-state index contributed by atoms with van der Waals surface area (Å²) in [6.45, 7) is 2.36. The van der Waals surface area contributed by atoms with E-state index >= 15 is 0 Å². The van der Waals surface area contributed by atoms with Crippen molar-refractivity contribution in [2.24, 2.45) is 0 Å². The molecule has 3 aromatic rings. The van der Waals surface area contributed by atoms with E-state index < -0.39 is 0 Å². The molecule has 7 heteroatoms. The predicted octanol–water partition coefficient (Wildman–Crippen LogP) is 4.20. The molecule has 1 saturated carbocycles. The number of carbonyl (C=O) groups is 1. The van der Waals surface area contributed by atoms with E-state index in [0.29, 0.717) is 18.5 Å². The maximum atomic E-state index is 12.0. The summed E-state index contributed by atoms with van der Waals surface area (Å²) in [5.74, 6) is 2.66. The Hall–Kier alpha value is -2.51. The van der Waals surface area contributed by atoms with E-state index in [1.54, 1.807) is 16.2 Å². The number of nitrogens with one attached hydrogen (secondary N) is 1. The van der Waals surface area contributed by atoms with Gasteiger partial charge in [0.25, 0.3) is 0 Å². The molecule has 0 atom stereocenters. The van der Waals surface area contributed by atoms with Crippen LogP contribution in [-0.2, 0) is 4.79 Å². The second kappa shape index (κ2) is 8.55. The first-order valence-corrected chi connectivity index (χ1v) is 12.0. The molecule has 1 amide bonds. The zero-order chi connectivity index (χ0) is 21.4. The maximum Gasteiger partial charge on any atom is 0.236 e. The number of thiophene rings is 1. The zero-order valence-corrected chi connectivity index (χ0v) is 19.0. The molecule has 162 valence electrons. The normalized spacial score (nSPS) is 17.7. The zero-order valence-electron chi connectivity index (χ0n) is 18.2. The van der Waals surface area contributed by atoms with Crippen molar-refractivity contribution in [3.05, 3.63) is 41.5 Å². The standard InChI is InChI=1S/C24H29N5OS/c1-28(2)20(30)14-29-12-10-18(11-13-29)25-23-21-19(16-6-4-3-5-7-16)15-31-24(21)27-22(26-23)17-8-9-17/h3-7,15,17-18H,8-14H2,1-2H3,(H,25,26,27). The third-order valence-corrected chi connectivity index (χ3v) is 7.14. The summed E-state index contributed by atoms with van der Waals surface area (Å²) in [6, 6.07) is 10.9. The lowest BCUT2D eigenvalue weighted by Gasteiger charge is -2.32. The first kappa shape index (κ1) is 20.4. The van der Waals surface area contributed by atoms with Crippen molar-refractivity contribution in [1.29, 1.82) is 0 Å². The number of hydrogen-bond acceptors (Lipinski definition) is 6. The van der Waals surface area contributed by atoms with E-state index in [2.05, 4.69) is 39.9 Å². The number of piperidine rings is 1. The van der Waals surface area contributed by atoms with Crippen LogP contribution in [0.2, 0.25) is 0 Å². The SMILES string of the molecule is CN(C)C(=O)CN1CCC(Nc2nc(C3CC3)nc3scc(-c4ccccc4)c23)CC1. The lowest BCUT2D eigenvalue weighted by atomic mass is 10.0. The summed E-state index contributed by atoms with van der Waals surface area (Å²) in [6.07, 6.45) is 4.41. The molecule has 1 aliphatic carbocycles. The van der Waals surface area contributed by atoms with E-state index in [9.17, 15) is 4.79 Å². The topological polar surface area (TPSA) is 61.4 Å². The Morgan fingerprint density at radius 1 is 1.13 bits per heavy atom. The van der Waals surface area contributed by atoms with Crippen molar-refractivity contribution in [1.82, 2.24) is 19.8 Å². The number of hydrogen-bond donors (Lipinski definition) is 1. The second-order valence-corrected chi connectivity index (χ2v) is 9.74. The van der Waals surface area contributed by atoms with Crippen molar-refractivity contribution in [3.8, 4) is 11.1 Å². The van der Waals surface area contributed by atoms with Crippen molar-refractivity contribution in [2.75, 3.05) is 39.0 Å². The first-order chi connectivity index (χ1) is 15.1. The fourth-order valence-corrected chi connectivity index (χ4v) is 5.13. The maximum absolute atomic E-state index is 12.0. The predicted molar refractivity (Wildman–Crippen MR) is 127 cm³/mol. The Morgan fingerprint density at radius 2 is 1.87 bits per heavy atom. The number of benzene rings is 1. The molecular weight excluding hydrogens is 406 g/mol. The van der Waals surface area contributed by atoms with Gasteiger partial charge in [0.1, 0.15) is 16.5 Å². The summed E-state index contributed by atoms with van der Waals surface area (Å²) in [5.41, 5.74) is 2.41. The monoisotopic (exact) mass is 435 g/mol. The molecule has 6 nitrogen and oxygen atoms in total. The van der Waals surface area contributed by atoms with Gasteiger partial charge in [-0.25, -0.2) is 9.97 Å². The Kier molecular flexibility index (Phi) is 5.63. The molecule has 3 heterocycles. The quantitative estimate of drug-likeness (QED) is 0.629. The number of carbonyl (C=O) groups excluding carboxylic acids is 1. The van der Waals surface area contributed by atoms with Gasteiger partial charge in [-0.15, -0.1) is 11.3 Å². The van der Waals surface area contributed by atoms with Crippen LogP contribution in [0, 0.1) is 0 Å². The molecule has 0 spiro atoms. The lowest BCUT2D eigenvalue weighted by Crippen LogP contribution is -2.44. The van der Waals surface area contributed by atoms with Crippen molar-refractivity contribution < 1.29 is 4.79 Å². The van der Waals surface area contributed by atoms with Gasteiger partial charge in [-0.1, -0.05) is 30.3 Å². The van der Waals surface area contributed by atoms with Crippen molar-refractivity contribution >= 4 is 33.3 Å². The van der Waals surface area contributed by atoms with Gasteiger partial charge in [0.2, 0.25) is 5.91 Å². The third-order valence-electron chi connectivity index (χ3n) is 6.26. The van der Waals surface area contributed by atoms with Crippen LogP contribution in [-0.4, -0.2) is 65.4 Å². The fraction of sp³-hybridized carbons (Fsp3) is 0.458. The van der Waals surface area contributed by atoms with Crippen LogP contribution >= 0.6 is 11.3 Å². The van der Waals surface area contributed by atoms with E-state index in [4.69, 9.17) is 9.97 Å². The van der Waals surface area contributed by atoms with E-state index in [1.807, 2.05) is 20.2 Å². The van der Waals surface area contributed by atoms with Crippen LogP contribution in [0.15, 0.2) is 35.7 Å². The van der Waals surface area contributed by atoms with Crippen LogP contribution in [0.25, 0.3) is 21.3 Å². The molecule has 1 aliphatic heterocycles. The third kappa shape index (κ3) is 4.43. The number of fused-ring (bicyclic) bond motifs is 1. The Balaban J connectivity index is 1.39. The Labute approximate surface area is 187 Å². The van der Waals surface area contributed by atoms with Gasteiger partial charge < -0.3 is 10.2 Å². The fourth-order valence-electron chi connectivity index (χ4n) is 4.18. The van der Waals surface area contributed by atoms with E-state index in [1.165, 1.54) is 24.0 Å². The molecule has 0 radical (unpaired) electrons. The molecule has 0 unspecified atom stereocenters. The van der Waals surface area contributed by atoms with Gasteiger partial charge in [0, 0.05) is 50.1 Å². The van der Waals surface area contributed by atoms with E-state index in [-0.39, 0.29) is 5.91 Å². The number of rotatable bonds is 6. The molecular formula is C24H29N5OS. The van der Waals surface area contributed by atoms with E-state index in [0.717, 1.165) is 47.8 Å². The lowest BCUT2D eigenvalue weighted by molar-refractivity contribution is -0.130. The first-order valence-electron chi connectivity index (χ1n) is 11.1. The van der Waals surface area contributed by atoms with Crippen LogP contribution < -0.4 is 5.32 Å². The van der Waals surface area contributed by atoms with Crippen LogP contribution in [0.3, 0.4) is 0 Å². The minimum Gasteiger partial charge on any atom is -0.367 e. The summed E-state index contributed by atoms with van der Waals surface area (Å²) in [5, 5.41) is 7.13. The number of amides is 1. The van der Waals surface area contributed by atoms with Gasteiger partial charge in [0.15, 0.2) is 0 Å². The number of nitrogens with zero attached hydrogens (tertiary/aromatic N) is 4. The highest BCUT2D eigenvalue weighted by Crippen LogP contribution is 2.43. The van der Waals surface area contributed by atoms with Gasteiger partial charge in [-0.3, -0.25) is 9.69 Å². The minimum absolute atomic E-state index is 0.170. The largest absolute Gasteiger partial charge is 0.367 e. The highest BCUT2D eigenvalue weighted by atomic mass is 32.1. The molecule has 2 aliphatic rings. The number of anilines is 1. The average Bonchev–Trinajstić information content (AvgIpc) is 3.54. The highest BCUT2D eigenvalue weighted by Gasteiger charge is 2.29. The highest BCUT2D eigenvalue weighted by molar-refractivity contribution is 7.17. The smallest absolute Gasteiger partial charge is 0.236 e. The molecule has 31 heavy (non-hydrogen) atoms. The summed E-state index contributed by atoms with van der Waals surface area (Å²) < 4.78 is 0. The van der Waals surface area contributed by atoms with Gasteiger partial charge in [-0.05, 0) is 31.2 Å². The molecule has 2 fully saturated rings. The average molecular weight is 436 g/mol. The van der Waals surface area contributed by atoms with Crippen molar-refractivity contribution in [2.45, 2.75) is 37.6 Å². The Morgan fingerprint density at radius 3 is 2.55 bits per heavy atom. The summed E-state index contributed by atoms with van der Waals surface area (Å²) in [4.78, 5) is 27.0. The Bertz CT molecular complexity index is 1070. The second-order valence-electron chi connectivity index (χ2n) is 8.88. The van der Waals surface area contributed by atoms with Gasteiger partial charge in [-0.2, -0.15) is 0 Å². The molecule has 2 aromatic heterocycles.